The Kier molecular flexibility index (Phi) is 7.40. The van der Waals surface area contributed by atoms with E-state index >= 15 is 0 Å². The van der Waals surface area contributed by atoms with Crippen molar-refractivity contribution >= 4 is 12.0 Å². The van der Waals surface area contributed by atoms with E-state index < -0.39 is 18.3 Å². The van der Waals surface area contributed by atoms with Crippen LogP contribution < -0.4 is 4.74 Å². The Morgan fingerprint density at radius 3 is 2.41 bits per heavy atom. The van der Waals surface area contributed by atoms with Crippen LogP contribution in [0, 0.1) is 0 Å². The molecule has 0 radical (unpaired) electrons. The summed E-state index contributed by atoms with van der Waals surface area (Å²) in [5.41, 5.74) is 2.18. The van der Waals surface area contributed by atoms with Crippen LogP contribution in [0.4, 0.5) is 8.78 Å². The predicted molar refractivity (Wildman–Crippen MR) is 99.1 cm³/mol. The first-order chi connectivity index (χ1) is 13.4. The van der Waals surface area contributed by atoms with Gasteiger partial charge in [0.2, 0.25) is 0 Å². The molecule has 0 bridgehead atoms. The first-order valence-electron chi connectivity index (χ1n) is 8.40. The molecular formula is C21H17F2NO4Zn. The van der Waals surface area contributed by atoms with E-state index in [0.29, 0.717) is 23.6 Å². The number of hydrogen-bond donors (Lipinski definition) is 1. The number of halogens is 2. The number of hydrogen-bond acceptors (Lipinski definition) is 4. The molecule has 1 N–H and O–H groups in total. The first kappa shape index (κ1) is 22.4. The van der Waals surface area contributed by atoms with Gasteiger partial charge in [-0.05, 0) is 29.8 Å². The monoisotopic (exact) mass is 449 g/mol. The van der Waals surface area contributed by atoms with E-state index in [1.54, 1.807) is 24.3 Å². The van der Waals surface area contributed by atoms with E-state index in [9.17, 15) is 13.6 Å². The van der Waals surface area contributed by atoms with Crippen molar-refractivity contribution in [3.05, 3.63) is 78.1 Å². The van der Waals surface area contributed by atoms with Crippen LogP contribution in [-0.4, -0.2) is 22.2 Å². The number of carbonyl (C=O) groups is 1. The third-order valence-electron chi connectivity index (χ3n) is 4.08. The number of carboxylic acid groups (broad SMARTS) is 1. The molecule has 0 unspecified atom stereocenters. The Hall–Kier alpha value is -2.86. The zero-order valence-corrected chi connectivity index (χ0v) is 18.4. The van der Waals surface area contributed by atoms with E-state index in [1.165, 1.54) is 6.08 Å². The molecule has 0 amide bonds. The third kappa shape index (κ3) is 5.36. The maximum atomic E-state index is 13.5. The van der Waals surface area contributed by atoms with Crippen LogP contribution in [0.5, 0.6) is 5.75 Å². The van der Waals surface area contributed by atoms with Crippen molar-refractivity contribution in [2.45, 2.75) is 19.0 Å². The number of rotatable bonds is 8. The number of nitrogens with zero attached hydrogens (tertiary/aromatic N) is 1. The second kappa shape index (κ2) is 9.57. The number of aliphatic carboxylic acids is 1. The van der Waals surface area contributed by atoms with Crippen LogP contribution in [0.3, 0.4) is 0 Å². The van der Waals surface area contributed by atoms with Gasteiger partial charge in [0.1, 0.15) is 18.1 Å². The molecule has 3 rings (SSSR count). The molecule has 8 heteroatoms. The van der Waals surface area contributed by atoms with Gasteiger partial charge in [-0.25, -0.2) is 4.79 Å². The zero-order chi connectivity index (χ0) is 20.1. The van der Waals surface area contributed by atoms with Crippen LogP contribution in [0.1, 0.15) is 16.9 Å². The maximum Gasteiger partial charge on any atom is 0.375 e. The molecule has 1 aromatic heterocycles. The quantitative estimate of drug-likeness (QED) is 0.498. The Morgan fingerprint density at radius 2 is 1.83 bits per heavy atom. The van der Waals surface area contributed by atoms with Crippen molar-refractivity contribution < 1.29 is 47.4 Å². The molecule has 1 heterocycles. The molecule has 0 fully saturated rings. The largest absolute Gasteiger partial charge is 0.489 e. The van der Waals surface area contributed by atoms with E-state index in [1.807, 2.05) is 30.3 Å². The molecule has 0 spiro atoms. The van der Waals surface area contributed by atoms with Gasteiger partial charge in [-0.15, -0.1) is 0 Å². The van der Waals surface area contributed by atoms with Crippen LogP contribution in [0.25, 0.3) is 17.3 Å². The molecule has 0 saturated heterocycles. The van der Waals surface area contributed by atoms with E-state index in [-0.39, 0.29) is 30.8 Å². The molecule has 0 atom stereocenters. The van der Waals surface area contributed by atoms with Gasteiger partial charge in [0, 0.05) is 30.6 Å². The second-order valence-corrected chi connectivity index (χ2v) is 6.06. The summed E-state index contributed by atoms with van der Waals surface area (Å²) in [6.45, 7) is 4.00. The average molecular weight is 451 g/mol. The summed E-state index contributed by atoms with van der Waals surface area (Å²) >= 11 is 0. The summed E-state index contributed by atoms with van der Waals surface area (Å²) in [6, 6.07) is 16.6. The Bertz CT molecular complexity index is 972. The summed E-state index contributed by atoms with van der Waals surface area (Å²) in [4.78, 5) is 10.7. The molecule has 29 heavy (non-hydrogen) atoms. The van der Waals surface area contributed by atoms with Crippen molar-refractivity contribution in [1.82, 2.24) is 5.16 Å². The van der Waals surface area contributed by atoms with Gasteiger partial charge in [0.05, 0.1) is 6.42 Å². The number of alkyl halides is 2. The summed E-state index contributed by atoms with van der Waals surface area (Å²) in [5.74, 6) is -5.78. The minimum absolute atomic E-state index is 0. The molecule has 146 valence electrons. The number of ether oxygens (including phenoxy) is 1. The van der Waals surface area contributed by atoms with Crippen molar-refractivity contribution in [2.75, 3.05) is 0 Å². The molecular weight excluding hydrogens is 434 g/mol. The van der Waals surface area contributed by atoms with Gasteiger partial charge in [-0.1, -0.05) is 48.1 Å². The fourth-order valence-corrected chi connectivity index (χ4v) is 2.60. The van der Waals surface area contributed by atoms with Crippen molar-refractivity contribution in [1.29, 1.82) is 0 Å². The van der Waals surface area contributed by atoms with Gasteiger partial charge < -0.3 is 14.4 Å². The van der Waals surface area contributed by atoms with E-state index in [0.717, 1.165) is 5.56 Å². The summed E-state index contributed by atoms with van der Waals surface area (Å²) in [6.07, 6.45) is 0.216. The first-order valence-corrected chi connectivity index (χ1v) is 8.40. The Balaban J connectivity index is 0.00000300. The van der Waals surface area contributed by atoms with E-state index in [2.05, 4.69) is 11.7 Å². The van der Waals surface area contributed by atoms with Gasteiger partial charge in [-0.3, -0.25) is 0 Å². The standard InChI is InChI=1S/C21H17F2NO4.Zn/c1-2-17-18(12-21(22,23)20(25)26)28-24-19(17)15-8-10-16(11-9-15)27-13-14-6-4-3-5-7-14;/h2-11H,1,12-13H2,(H,25,26);. The molecule has 0 aliphatic heterocycles. The van der Waals surface area contributed by atoms with E-state index in [4.69, 9.17) is 14.4 Å². The number of carboxylic acids is 1. The minimum Gasteiger partial charge on any atom is -0.489 e. The number of benzene rings is 2. The second-order valence-electron chi connectivity index (χ2n) is 6.06. The van der Waals surface area contributed by atoms with Crippen molar-refractivity contribution in [2.24, 2.45) is 0 Å². The SMILES string of the molecule is C=Cc1c(-c2ccc(OCc3ccccc3)cc2)noc1CC(F)(F)C(=O)O.[Zn]. The fourth-order valence-electron chi connectivity index (χ4n) is 2.60. The average Bonchev–Trinajstić information content (AvgIpc) is 3.09. The van der Waals surface area contributed by atoms with Crippen molar-refractivity contribution in [3.8, 4) is 17.0 Å². The zero-order valence-electron chi connectivity index (χ0n) is 15.5. The molecule has 2 aromatic carbocycles. The summed E-state index contributed by atoms with van der Waals surface area (Å²) in [5, 5.41) is 12.4. The van der Waals surface area contributed by atoms with Gasteiger partial charge in [0.25, 0.3) is 0 Å². The van der Waals surface area contributed by atoms with Gasteiger partial charge in [-0.2, -0.15) is 8.78 Å². The molecule has 0 saturated carbocycles. The maximum absolute atomic E-state index is 13.5. The topological polar surface area (TPSA) is 72.6 Å². The number of aromatic nitrogens is 1. The van der Waals surface area contributed by atoms with Crippen LogP contribution >= 0.6 is 0 Å². The van der Waals surface area contributed by atoms with Crippen LogP contribution in [0.2, 0.25) is 0 Å². The fraction of sp³-hybridized carbons (Fsp3) is 0.143. The summed E-state index contributed by atoms with van der Waals surface area (Å²) < 4.78 is 37.7. The molecule has 0 aliphatic carbocycles. The van der Waals surface area contributed by atoms with Crippen LogP contribution in [0.15, 0.2) is 65.7 Å². The van der Waals surface area contributed by atoms with Gasteiger partial charge in [0.15, 0.2) is 5.76 Å². The molecule has 3 aromatic rings. The minimum atomic E-state index is -3.95. The third-order valence-corrected chi connectivity index (χ3v) is 4.08. The van der Waals surface area contributed by atoms with Gasteiger partial charge >= 0.3 is 11.9 Å². The predicted octanol–water partition coefficient (Wildman–Crippen LogP) is 4.82. The molecule has 5 nitrogen and oxygen atoms in total. The van der Waals surface area contributed by atoms with Crippen LogP contribution in [-0.2, 0) is 37.3 Å². The normalized spacial score (nSPS) is 10.8. The molecule has 0 aliphatic rings. The summed E-state index contributed by atoms with van der Waals surface area (Å²) in [7, 11) is 0. The Labute approximate surface area is 178 Å². The Morgan fingerprint density at radius 1 is 1.17 bits per heavy atom. The van der Waals surface area contributed by atoms with Crippen molar-refractivity contribution in [3.63, 3.8) is 0 Å². The smallest absolute Gasteiger partial charge is 0.375 e.